The first-order valence-electron chi connectivity index (χ1n) is 4.13. The summed E-state index contributed by atoms with van der Waals surface area (Å²) in [6.07, 6.45) is 2.31. The van der Waals surface area contributed by atoms with Crippen LogP contribution < -0.4 is 0 Å². The van der Waals surface area contributed by atoms with Gasteiger partial charge in [0.1, 0.15) is 0 Å². The first-order valence-corrected chi connectivity index (χ1v) is 4.13. The van der Waals surface area contributed by atoms with Crippen LogP contribution in [0.1, 0.15) is 40.5 Å². The number of rotatable bonds is 3. The summed E-state index contributed by atoms with van der Waals surface area (Å²) in [6, 6.07) is 0. The average molecular weight is 144 g/mol. The van der Waals surface area contributed by atoms with E-state index >= 15 is 0 Å². The summed E-state index contributed by atoms with van der Waals surface area (Å²) in [4.78, 5) is 0. The van der Waals surface area contributed by atoms with Gasteiger partial charge in [-0.1, -0.05) is 34.1 Å². The Balaban J connectivity index is 3.81. The van der Waals surface area contributed by atoms with Crippen molar-refractivity contribution in [1.29, 1.82) is 0 Å². The molecule has 0 fully saturated rings. The predicted octanol–water partition coefficient (Wildman–Crippen LogP) is 2.44. The second-order valence-corrected chi connectivity index (χ2v) is 4.03. The molecule has 0 heterocycles. The zero-order valence-electron chi connectivity index (χ0n) is 7.65. The minimum absolute atomic E-state index is 0.269. The molecule has 1 nitrogen and oxygen atoms in total. The van der Waals surface area contributed by atoms with Gasteiger partial charge in [-0.2, -0.15) is 0 Å². The molecular formula is C9H20O. The Kier molecular flexibility index (Phi) is 3.95. The van der Waals surface area contributed by atoms with Crippen LogP contribution in [0.3, 0.4) is 0 Å². The van der Waals surface area contributed by atoms with E-state index in [4.69, 9.17) is 5.11 Å². The minimum Gasteiger partial charge on any atom is -0.396 e. The average Bonchev–Trinajstić information content (AvgIpc) is 1.80. The Labute approximate surface area is 64.5 Å². The molecule has 62 valence electrons. The van der Waals surface area contributed by atoms with Gasteiger partial charge < -0.3 is 5.11 Å². The highest BCUT2D eigenvalue weighted by Crippen LogP contribution is 2.28. The van der Waals surface area contributed by atoms with E-state index in [-0.39, 0.29) is 5.41 Å². The molecule has 0 aliphatic rings. The highest BCUT2D eigenvalue weighted by Gasteiger charge is 2.22. The monoisotopic (exact) mass is 144 g/mol. The Morgan fingerprint density at radius 2 is 1.80 bits per heavy atom. The molecule has 0 saturated heterocycles. The topological polar surface area (TPSA) is 20.2 Å². The fraction of sp³-hybridized carbons (Fsp3) is 1.00. The van der Waals surface area contributed by atoms with Gasteiger partial charge in [-0.15, -0.1) is 0 Å². The Morgan fingerprint density at radius 1 is 1.30 bits per heavy atom. The van der Waals surface area contributed by atoms with Crippen LogP contribution in [0.4, 0.5) is 0 Å². The normalized spacial score (nSPS) is 15.3. The summed E-state index contributed by atoms with van der Waals surface area (Å²) in [7, 11) is 0. The summed E-state index contributed by atoms with van der Waals surface area (Å²) < 4.78 is 0. The summed E-state index contributed by atoms with van der Waals surface area (Å²) >= 11 is 0. The third kappa shape index (κ3) is 3.21. The highest BCUT2D eigenvalue weighted by molar-refractivity contribution is 4.72. The lowest BCUT2D eigenvalue weighted by molar-refractivity contribution is 0.122. The van der Waals surface area contributed by atoms with Crippen molar-refractivity contribution in [2.75, 3.05) is 6.61 Å². The number of hydrogen-bond donors (Lipinski definition) is 1. The van der Waals surface area contributed by atoms with Crippen molar-refractivity contribution in [3.8, 4) is 0 Å². The van der Waals surface area contributed by atoms with Gasteiger partial charge in [0, 0.05) is 6.61 Å². The van der Waals surface area contributed by atoms with Gasteiger partial charge in [0.15, 0.2) is 0 Å². The van der Waals surface area contributed by atoms with Gasteiger partial charge in [0.2, 0.25) is 0 Å². The molecule has 0 rings (SSSR count). The minimum atomic E-state index is 0.269. The molecule has 10 heavy (non-hydrogen) atoms. The van der Waals surface area contributed by atoms with Gasteiger partial charge in [0.05, 0.1) is 0 Å². The standard InChI is InChI=1S/C9H20O/c1-5-6-8(7-10)9(2,3)4/h8,10H,5-7H2,1-4H3/t8-/m1/s1. The third-order valence-corrected chi connectivity index (χ3v) is 2.08. The maximum Gasteiger partial charge on any atom is 0.0464 e. The van der Waals surface area contributed by atoms with Crippen LogP contribution in [0, 0.1) is 11.3 Å². The predicted molar refractivity (Wildman–Crippen MR) is 44.9 cm³/mol. The van der Waals surface area contributed by atoms with Crippen molar-refractivity contribution < 1.29 is 5.11 Å². The van der Waals surface area contributed by atoms with E-state index in [9.17, 15) is 0 Å². The molecule has 0 aliphatic carbocycles. The molecule has 0 aromatic rings. The lowest BCUT2D eigenvalue weighted by Crippen LogP contribution is -2.23. The largest absolute Gasteiger partial charge is 0.396 e. The molecule has 0 spiro atoms. The fourth-order valence-corrected chi connectivity index (χ4v) is 1.15. The summed E-state index contributed by atoms with van der Waals surface area (Å²) in [5.41, 5.74) is 0.269. The van der Waals surface area contributed by atoms with Gasteiger partial charge in [-0.05, 0) is 17.8 Å². The summed E-state index contributed by atoms with van der Waals surface area (Å²) in [5, 5.41) is 8.99. The van der Waals surface area contributed by atoms with Crippen LogP contribution in [-0.4, -0.2) is 11.7 Å². The molecule has 1 heteroatoms. The molecule has 0 radical (unpaired) electrons. The molecule has 1 N–H and O–H groups in total. The van der Waals surface area contributed by atoms with E-state index in [2.05, 4.69) is 27.7 Å². The van der Waals surface area contributed by atoms with E-state index in [1.807, 2.05) is 0 Å². The van der Waals surface area contributed by atoms with E-state index in [0.717, 1.165) is 6.42 Å². The molecule has 0 unspecified atom stereocenters. The van der Waals surface area contributed by atoms with E-state index in [1.165, 1.54) is 6.42 Å². The Hall–Kier alpha value is -0.0400. The quantitative estimate of drug-likeness (QED) is 0.645. The van der Waals surface area contributed by atoms with Crippen molar-refractivity contribution in [2.24, 2.45) is 11.3 Å². The van der Waals surface area contributed by atoms with Crippen molar-refractivity contribution >= 4 is 0 Å². The maximum atomic E-state index is 8.99. The van der Waals surface area contributed by atoms with Crippen LogP contribution in [0.25, 0.3) is 0 Å². The zero-order chi connectivity index (χ0) is 8.20. The molecule has 0 aromatic heterocycles. The molecule has 0 amide bonds. The molecular weight excluding hydrogens is 124 g/mol. The van der Waals surface area contributed by atoms with Crippen LogP contribution >= 0.6 is 0 Å². The van der Waals surface area contributed by atoms with Crippen LogP contribution in [0.5, 0.6) is 0 Å². The molecule has 1 atom stereocenters. The molecule has 0 saturated carbocycles. The first-order chi connectivity index (χ1) is 4.52. The van der Waals surface area contributed by atoms with Gasteiger partial charge in [-0.25, -0.2) is 0 Å². The van der Waals surface area contributed by atoms with E-state index in [0.29, 0.717) is 12.5 Å². The van der Waals surface area contributed by atoms with Crippen molar-refractivity contribution in [3.63, 3.8) is 0 Å². The van der Waals surface area contributed by atoms with Crippen molar-refractivity contribution in [3.05, 3.63) is 0 Å². The maximum absolute atomic E-state index is 8.99. The van der Waals surface area contributed by atoms with Crippen LogP contribution in [0.2, 0.25) is 0 Å². The molecule has 0 aromatic carbocycles. The van der Waals surface area contributed by atoms with Crippen molar-refractivity contribution in [1.82, 2.24) is 0 Å². The fourth-order valence-electron chi connectivity index (χ4n) is 1.15. The van der Waals surface area contributed by atoms with Crippen LogP contribution in [-0.2, 0) is 0 Å². The SMILES string of the molecule is CCC[C@H](CO)C(C)(C)C. The van der Waals surface area contributed by atoms with Crippen LogP contribution in [0.15, 0.2) is 0 Å². The lowest BCUT2D eigenvalue weighted by atomic mass is 9.79. The summed E-state index contributed by atoms with van der Waals surface area (Å²) in [5.74, 6) is 0.470. The second kappa shape index (κ2) is 3.97. The smallest absolute Gasteiger partial charge is 0.0464 e. The first kappa shape index (κ1) is 9.96. The lowest BCUT2D eigenvalue weighted by Gasteiger charge is -2.28. The molecule has 0 bridgehead atoms. The second-order valence-electron chi connectivity index (χ2n) is 4.03. The summed E-state index contributed by atoms with van der Waals surface area (Å²) in [6.45, 7) is 9.04. The third-order valence-electron chi connectivity index (χ3n) is 2.08. The van der Waals surface area contributed by atoms with E-state index in [1.54, 1.807) is 0 Å². The zero-order valence-corrected chi connectivity index (χ0v) is 7.65. The van der Waals surface area contributed by atoms with E-state index < -0.39 is 0 Å². The van der Waals surface area contributed by atoms with Crippen molar-refractivity contribution in [2.45, 2.75) is 40.5 Å². The molecule has 0 aliphatic heterocycles. The van der Waals surface area contributed by atoms with Gasteiger partial charge >= 0.3 is 0 Å². The van der Waals surface area contributed by atoms with Gasteiger partial charge in [-0.3, -0.25) is 0 Å². The highest BCUT2D eigenvalue weighted by atomic mass is 16.3. The number of hydrogen-bond acceptors (Lipinski definition) is 1. The van der Waals surface area contributed by atoms with Gasteiger partial charge in [0.25, 0.3) is 0 Å². The Morgan fingerprint density at radius 3 is 1.90 bits per heavy atom. The number of aliphatic hydroxyl groups excluding tert-OH is 1. The number of aliphatic hydroxyl groups is 1. The Bertz CT molecular complexity index is 81.2.